The molecule has 3 aromatic rings. The van der Waals surface area contributed by atoms with Crippen LogP contribution >= 0.6 is 11.6 Å². The normalized spacial score (nSPS) is 14.9. The summed E-state index contributed by atoms with van der Waals surface area (Å²) < 4.78 is 7.16. The van der Waals surface area contributed by atoms with Crippen molar-refractivity contribution in [2.24, 2.45) is 0 Å². The van der Waals surface area contributed by atoms with Gasteiger partial charge in [0, 0.05) is 17.3 Å². The van der Waals surface area contributed by atoms with Crippen molar-refractivity contribution in [1.29, 1.82) is 0 Å². The third kappa shape index (κ3) is 5.23. The first-order valence-electron chi connectivity index (χ1n) is 11.4. The van der Waals surface area contributed by atoms with E-state index in [4.69, 9.17) is 16.3 Å². The fourth-order valence-corrected chi connectivity index (χ4v) is 4.78. The van der Waals surface area contributed by atoms with E-state index in [1.54, 1.807) is 7.11 Å². The van der Waals surface area contributed by atoms with Crippen LogP contribution in [-0.4, -0.2) is 47.3 Å². The smallest absolute Gasteiger partial charge is 0.255 e. The summed E-state index contributed by atoms with van der Waals surface area (Å²) in [4.78, 5) is 15.7. The molecule has 1 N–H and O–H groups in total. The van der Waals surface area contributed by atoms with Crippen LogP contribution in [0.1, 0.15) is 51.8 Å². The van der Waals surface area contributed by atoms with E-state index in [0.717, 1.165) is 35.8 Å². The Labute approximate surface area is 200 Å². The van der Waals surface area contributed by atoms with Gasteiger partial charge < -0.3 is 10.1 Å². The van der Waals surface area contributed by atoms with Gasteiger partial charge >= 0.3 is 0 Å². The van der Waals surface area contributed by atoms with Gasteiger partial charge in [-0.15, -0.1) is 0 Å². The lowest BCUT2D eigenvalue weighted by Crippen LogP contribution is -2.37. The highest BCUT2D eigenvalue weighted by molar-refractivity contribution is 6.31. The summed E-state index contributed by atoms with van der Waals surface area (Å²) in [7, 11) is 1.67. The second-order valence-corrected chi connectivity index (χ2v) is 8.94. The van der Waals surface area contributed by atoms with Crippen molar-refractivity contribution in [3.63, 3.8) is 0 Å². The summed E-state index contributed by atoms with van der Waals surface area (Å²) >= 11 is 6.33. The Bertz CT molecular complexity index is 1100. The van der Waals surface area contributed by atoms with Gasteiger partial charge in [-0.2, -0.15) is 5.10 Å². The molecule has 33 heavy (non-hydrogen) atoms. The number of aryl methyl sites for hydroxylation is 1. The van der Waals surface area contributed by atoms with Crippen LogP contribution in [0.25, 0.3) is 0 Å². The van der Waals surface area contributed by atoms with E-state index in [9.17, 15) is 4.79 Å². The summed E-state index contributed by atoms with van der Waals surface area (Å²) in [5.41, 5.74) is 4.36. The SMILES string of the molecule is COc1ccc([C@@H](CNC(=O)c2c(C)nn(Cc3ccccc3Cl)c2C)N2CCCC2)cc1. The summed E-state index contributed by atoms with van der Waals surface area (Å²) in [6, 6.07) is 16.0. The Morgan fingerprint density at radius 2 is 1.82 bits per heavy atom. The van der Waals surface area contributed by atoms with E-state index in [-0.39, 0.29) is 11.9 Å². The first-order valence-corrected chi connectivity index (χ1v) is 11.8. The van der Waals surface area contributed by atoms with Gasteiger partial charge in [-0.25, -0.2) is 0 Å². The molecular weight excluding hydrogens is 436 g/mol. The minimum Gasteiger partial charge on any atom is -0.497 e. The van der Waals surface area contributed by atoms with Gasteiger partial charge in [0.2, 0.25) is 0 Å². The predicted molar refractivity (Wildman–Crippen MR) is 131 cm³/mol. The molecule has 0 bridgehead atoms. The van der Waals surface area contributed by atoms with E-state index < -0.39 is 0 Å². The van der Waals surface area contributed by atoms with Crippen molar-refractivity contribution in [3.05, 3.63) is 81.6 Å². The average Bonchev–Trinajstić information content (AvgIpc) is 3.44. The third-order valence-corrected chi connectivity index (χ3v) is 6.79. The molecule has 1 fully saturated rings. The number of methoxy groups -OCH3 is 1. The van der Waals surface area contributed by atoms with Crippen LogP contribution in [0.4, 0.5) is 0 Å². The first-order chi connectivity index (χ1) is 16.0. The number of carbonyl (C=O) groups excluding carboxylic acids is 1. The van der Waals surface area contributed by atoms with Crippen LogP contribution in [0, 0.1) is 13.8 Å². The molecule has 0 aliphatic carbocycles. The van der Waals surface area contributed by atoms with E-state index in [0.29, 0.717) is 23.7 Å². The number of amides is 1. The number of carbonyl (C=O) groups is 1. The average molecular weight is 467 g/mol. The van der Waals surface area contributed by atoms with E-state index in [2.05, 4.69) is 27.4 Å². The zero-order chi connectivity index (χ0) is 23.4. The predicted octanol–water partition coefficient (Wildman–Crippen LogP) is 4.78. The van der Waals surface area contributed by atoms with Crippen molar-refractivity contribution < 1.29 is 9.53 Å². The Morgan fingerprint density at radius 1 is 1.12 bits per heavy atom. The molecule has 1 aromatic heterocycles. The number of hydrogen-bond donors (Lipinski definition) is 1. The monoisotopic (exact) mass is 466 g/mol. The summed E-state index contributed by atoms with van der Waals surface area (Å²) in [5, 5.41) is 8.50. The molecule has 1 saturated heterocycles. The standard InChI is InChI=1S/C26H31ClN4O2/c1-18-25(19(2)31(29-18)17-21-8-4-5-9-23(21)27)26(32)28-16-24(30-14-6-7-15-30)20-10-12-22(33-3)13-11-20/h4-5,8-13,24H,6-7,14-17H2,1-3H3,(H,28,32)/t24-/m1/s1. The number of benzene rings is 2. The van der Waals surface area contributed by atoms with E-state index in [1.807, 2.05) is 54.9 Å². The molecule has 2 heterocycles. The van der Waals surface area contributed by atoms with E-state index >= 15 is 0 Å². The third-order valence-electron chi connectivity index (χ3n) is 6.42. The second-order valence-electron chi connectivity index (χ2n) is 8.54. The zero-order valence-electron chi connectivity index (χ0n) is 19.5. The highest BCUT2D eigenvalue weighted by Gasteiger charge is 2.26. The maximum atomic E-state index is 13.2. The molecular formula is C26H31ClN4O2. The number of aromatic nitrogens is 2. The van der Waals surface area contributed by atoms with Crippen molar-refractivity contribution >= 4 is 17.5 Å². The van der Waals surface area contributed by atoms with Crippen LogP contribution in [0.2, 0.25) is 5.02 Å². The molecule has 2 aromatic carbocycles. The zero-order valence-corrected chi connectivity index (χ0v) is 20.2. The van der Waals surface area contributed by atoms with Crippen molar-refractivity contribution in [2.45, 2.75) is 39.3 Å². The van der Waals surface area contributed by atoms with E-state index in [1.165, 1.54) is 18.4 Å². The maximum Gasteiger partial charge on any atom is 0.255 e. The molecule has 1 atom stereocenters. The summed E-state index contributed by atoms with van der Waals surface area (Å²) in [5.74, 6) is 0.744. The van der Waals surface area contributed by atoms with Gasteiger partial charge in [0.25, 0.3) is 5.91 Å². The minimum absolute atomic E-state index is 0.0897. The fraction of sp³-hybridized carbons (Fsp3) is 0.385. The van der Waals surface area contributed by atoms with Gasteiger partial charge in [-0.1, -0.05) is 41.9 Å². The largest absolute Gasteiger partial charge is 0.497 e. The number of rotatable bonds is 8. The number of ether oxygens (including phenoxy) is 1. The van der Waals surface area contributed by atoms with Gasteiger partial charge in [-0.05, 0) is 69.1 Å². The number of halogens is 1. The fourth-order valence-electron chi connectivity index (χ4n) is 4.58. The van der Waals surface area contributed by atoms with Crippen LogP contribution in [-0.2, 0) is 6.54 Å². The van der Waals surface area contributed by atoms with Crippen molar-refractivity contribution in [3.8, 4) is 5.75 Å². The summed E-state index contributed by atoms with van der Waals surface area (Å²) in [6.45, 7) is 6.97. The molecule has 174 valence electrons. The van der Waals surface area contributed by atoms with Crippen LogP contribution in [0.5, 0.6) is 5.75 Å². The van der Waals surface area contributed by atoms with Gasteiger partial charge in [-0.3, -0.25) is 14.4 Å². The molecule has 0 unspecified atom stereocenters. The lowest BCUT2D eigenvalue weighted by Gasteiger charge is -2.28. The van der Waals surface area contributed by atoms with Gasteiger partial charge in [0.05, 0.1) is 31.0 Å². The molecule has 0 saturated carbocycles. The molecule has 1 aliphatic heterocycles. The van der Waals surface area contributed by atoms with Crippen LogP contribution < -0.4 is 10.1 Å². The molecule has 0 radical (unpaired) electrons. The molecule has 1 aliphatic rings. The number of likely N-dealkylation sites (tertiary alicyclic amines) is 1. The maximum absolute atomic E-state index is 13.2. The van der Waals surface area contributed by atoms with Crippen molar-refractivity contribution in [1.82, 2.24) is 20.0 Å². The molecule has 0 spiro atoms. The Kier molecular flexibility index (Phi) is 7.36. The van der Waals surface area contributed by atoms with Crippen LogP contribution in [0.15, 0.2) is 48.5 Å². The minimum atomic E-state index is -0.0897. The lowest BCUT2D eigenvalue weighted by molar-refractivity contribution is 0.0936. The molecule has 4 rings (SSSR count). The Hall–Kier alpha value is -2.83. The van der Waals surface area contributed by atoms with Gasteiger partial charge in [0.15, 0.2) is 0 Å². The topological polar surface area (TPSA) is 59.4 Å². The number of nitrogens with zero attached hydrogens (tertiary/aromatic N) is 3. The molecule has 1 amide bonds. The molecule has 6 nitrogen and oxygen atoms in total. The summed E-state index contributed by atoms with van der Waals surface area (Å²) in [6.07, 6.45) is 2.38. The van der Waals surface area contributed by atoms with Crippen LogP contribution in [0.3, 0.4) is 0 Å². The number of hydrogen-bond acceptors (Lipinski definition) is 4. The highest BCUT2D eigenvalue weighted by atomic mass is 35.5. The quantitative estimate of drug-likeness (QED) is 0.519. The second kappa shape index (κ2) is 10.4. The lowest BCUT2D eigenvalue weighted by atomic mass is 10.0. The van der Waals surface area contributed by atoms with Crippen molar-refractivity contribution in [2.75, 3.05) is 26.7 Å². The Morgan fingerprint density at radius 3 is 2.48 bits per heavy atom. The Balaban J connectivity index is 1.50. The highest BCUT2D eigenvalue weighted by Crippen LogP contribution is 2.27. The first kappa shape index (κ1) is 23.3. The number of nitrogens with one attached hydrogen (secondary N) is 1. The molecule has 7 heteroatoms. The van der Waals surface area contributed by atoms with Gasteiger partial charge in [0.1, 0.15) is 5.75 Å².